The second kappa shape index (κ2) is 12.4. The largest absolute Gasteiger partial charge is 0.490 e. The summed E-state index contributed by atoms with van der Waals surface area (Å²) in [4.78, 5) is 23.8. The number of imidazole rings is 1. The van der Waals surface area contributed by atoms with Gasteiger partial charge in [-0.2, -0.15) is 0 Å². The molecule has 0 N–H and O–H groups in total. The van der Waals surface area contributed by atoms with Crippen LogP contribution in [-0.4, -0.2) is 91.7 Å². The Bertz CT molecular complexity index is 1630. The van der Waals surface area contributed by atoms with E-state index in [1.165, 1.54) is 0 Å². The van der Waals surface area contributed by atoms with Crippen LogP contribution in [-0.2, 0) is 27.3 Å². The first kappa shape index (κ1) is 30.9. The van der Waals surface area contributed by atoms with Gasteiger partial charge in [0.25, 0.3) is 0 Å². The van der Waals surface area contributed by atoms with Crippen molar-refractivity contribution in [3.05, 3.63) is 60.4 Å². The fraction of sp³-hybridized carbons (Fsp3) is 0.531. The van der Waals surface area contributed by atoms with Gasteiger partial charge in [0, 0.05) is 37.8 Å². The maximum Gasteiger partial charge on any atom is 0.410 e. The molecule has 4 aromatic heterocycles. The number of hydrogen-bond acceptors (Lipinski definition) is 9. The minimum absolute atomic E-state index is 0.127. The lowest BCUT2D eigenvalue weighted by molar-refractivity contribution is -0.220. The van der Waals surface area contributed by atoms with E-state index < -0.39 is 11.3 Å². The number of pyridine rings is 2. The monoisotopic (exact) mass is 621 g/mol. The predicted molar refractivity (Wildman–Crippen MR) is 163 cm³/mol. The molecule has 0 saturated heterocycles. The molecule has 2 bridgehead atoms. The van der Waals surface area contributed by atoms with Crippen LogP contribution >= 0.6 is 0 Å². The van der Waals surface area contributed by atoms with Crippen LogP contribution in [0.4, 0.5) is 9.18 Å². The molecule has 3 aliphatic rings. The van der Waals surface area contributed by atoms with Gasteiger partial charge in [0.1, 0.15) is 35.0 Å². The van der Waals surface area contributed by atoms with Gasteiger partial charge in [-0.15, -0.1) is 5.10 Å². The topological polar surface area (TPSA) is 118 Å². The molecule has 0 atom stereocenters. The summed E-state index contributed by atoms with van der Waals surface area (Å²) in [5, 5.41) is 8.60. The fourth-order valence-electron chi connectivity index (χ4n) is 6.20. The SMILES string of the molecule is COCCOCCOc1cncc(-c2cn(Cc3cn4cc(CN(CC56CC(F)(C5)C6)C(=O)OC(C)(C)C)ccc4n3)nn2)c1. The van der Waals surface area contributed by atoms with E-state index in [0.29, 0.717) is 76.8 Å². The number of methoxy groups -OCH3 is 1. The van der Waals surface area contributed by atoms with Gasteiger partial charge in [0.2, 0.25) is 0 Å². The Hall–Kier alpha value is -4.10. The zero-order valence-corrected chi connectivity index (χ0v) is 26.2. The number of carbonyl (C=O) groups is 1. The van der Waals surface area contributed by atoms with Crippen molar-refractivity contribution in [2.24, 2.45) is 5.41 Å². The molecule has 240 valence electrons. The smallest absolute Gasteiger partial charge is 0.410 e. The number of aromatic nitrogens is 6. The Morgan fingerprint density at radius 1 is 1.07 bits per heavy atom. The zero-order valence-electron chi connectivity index (χ0n) is 26.2. The van der Waals surface area contributed by atoms with E-state index in [1.54, 1.807) is 29.1 Å². The summed E-state index contributed by atoms with van der Waals surface area (Å²) < 4.78 is 39.7. The molecule has 13 heteroatoms. The first-order valence-electron chi connectivity index (χ1n) is 15.2. The Balaban J connectivity index is 1.09. The summed E-state index contributed by atoms with van der Waals surface area (Å²) in [5.74, 6) is 0.620. The van der Waals surface area contributed by atoms with Crippen molar-refractivity contribution < 1.29 is 28.1 Å². The minimum atomic E-state index is -1.02. The number of carbonyl (C=O) groups excluding carboxylic acids is 1. The van der Waals surface area contributed by atoms with Crippen molar-refractivity contribution in [1.29, 1.82) is 0 Å². The van der Waals surface area contributed by atoms with Crippen molar-refractivity contribution in [1.82, 2.24) is 34.3 Å². The van der Waals surface area contributed by atoms with Gasteiger partial charge < -0.3 is 28.2 Å². The molecule has 4 aromatic rings. The number of ether oxygens (including phenoxy) is 4. The molecular weight excluding hydrogens is 581 g/mol. The highest BCUT2D eigenvalue weighted by Gasteiger charge is 2.69. The van der Waals surface area contributed by atoms with Gasteiger partial charge in [-0.3, -0.25) is 4.98 Å². The molecule has 4 heterocycles. The molecule has 45 heavy (non-hydrogen) atoms. The van der Waals surface area contributed by atoms with Gasteiger partial charge in [0.15, 0.2) is 0 Å². The number of amides is 1. The van der Waals surface area contributed by atoms with Crippen LogP contribution < -0.4 is 4.74 Å². The second-order valence-corrected chi connectivity index (χ2v) is 13.2. The normalized spacial score (nSPS) is 20.5. The van der Waals surface area contributed by atoms with E-state index in [0.717, 1.165) is 22.5 Å². The van der Waals surface area contributed by atoms with E-state index in [4.69, 9.17) is 23.9 Å². The molecule has 0 spiro atoms. The molecule has 0 aliphatic heterocycles. The standard InChI is InChI=1S/C32H40FN7O5/c1-30(2,3)45-29(41)39(22-31-19-32(33,20-31)21-31)15-23-5-6-28-35-25(16-38(28)14-23)17-40-18-27(36-37-40)24-11-26(13-34-12-24)44-10-9-43-8-7-42-4/h5-6,11-14,16,18H,7-10,15,17,19-22H2,1-4H3. The Kier molecular flexibility index (Phi) is 8.49. The lowest BCUT2D eigenvalue weighted by Crippen LogP contribution is -2.68. The molecule has 0 aromatic carbocycles. The number of hydrogen-bond donors (Lipinski definition) is 0. The summed E-state index contributed by atoms with van der Waals surface area (Å²) in [6.45, 7) is 8.74. The summed E-state index contributed by atoms with van der Waals surface area (Å²) in [7, 11) is 1.63. The van der Waals surface area contributed by atoms with Gasteiger partial charge in [-0.05, 0) is 63.1 Å². The number of rotatable bonds is 14. The number of alkyl halides is 1. The lowest BCUT2D eigenvalue weighted by Gasteiger charge is -2.66. The zero-order chi connectivity index (χ0) is 31.7. The second-order valence-electron chi connectivity index (χ2n) is 13.2. The van der Waals surface area contributed by atoms with E-state index in [-0.39, 0.29) is 11.5 Å². The number of fused-ring (bicyclic) bond motifs is 1. The van der Waals surface area contributed by atoms with Crippen LogP contribution in [0.2, 0.25) is 0 Å². The van der Waals surface area contributed by atoms with Gasteiger partial charge >= 0.3 is 6.09 Å². The van der Waals surface area contributed by atoms with Crippen LogP contribution in [0.15, 0.2) is 49.2 Å². The van der Waals surface area contributed by atoms with E-state index in [1.807, 2.05) is 62.0 Å². The Labute approximate surface area is 261 Å². The third-order valence-electron chi connectivity index (χ3n) is 7.99. The van der Waals surface area contributed by atoms with Crippen LogP contribution in [0.1, 0.15) is 51.3 Å². The summed E-state index contributed by atoms with van der Waals surface area (Å²) >= 11 is 0. The highest BCUT2D eigenvalue weighted by Crippen LogP contribution is 2.69. The van der Waals surface area contributed by atoms with E-state index in [2.05, 4.69) is 15.3 Å². The third-order valence-corrected chi connectivity index (χ3v) is 7.99. The Morgan fingerprint density at radius 2 is 1.87 bits per heavy atom. The minimum Gasteiger partial charge on any atom is -0.490 e. The van der Waals surface area contributed by atoms with Gasteiger partial charge in [0.05, 0.1) is 51.0 Å². The van der Waals surface area contributed by atoms with Gasteiger partial charge in [-0.25, -0.2) is 18.9 Å². The molecule has 7 rings (SSSR count). The number of halogens is 1. The van der Waals surface area contributed by atoms with Gasteiger partial charge in [-0.1, -0.05) is 11.3 Å². The summed E-state index contributed by atoms with van der Waals surface area (Å²) in [5.41, 5.74) is 2.19. The quantitative estimate of drug-likeness (QED) is 0.185. The lowest BCUT2D eigenvalue weighted by atomic mass is 9.42. The van der Waals surface area contributed by atoms with Crippen LogP contribution in [0, 0.1) is 5.41 Å². The third kappa shape index (κ3) is 7.42. The molecule has 3 aliphatic carbocycles. The van der Waals surface area contributed by atoms with Crippen molar-refractivity contribution in [3.63, 3.8) is 0 Å². The average Bonchev–Trinajstić information content (AvgIpc) is 3.59. The van der Waals surface area contributed by atoms with E-state index >= 15 is 0 Å². The molecule has 1 amide bonds. The molecule has 3 saturated carbocycles. The van der Waals surface area contributed by atoms with Crippen LogP contribution in [0.25, 0.3) is 16.9 Å². The Morgan fingerprint density at radius 3 is 2.62 bits per heavy atom. The number of nitrogens with zero attached hydrogens (tertiary/aromatic N) is 7. The summed E-state index contributed by atoms with van der Waals surface area (Å²) in [6, 6.07) is 5.76. The first-order valence-corrected chi connectivity index (χ1v) is 15.2. The van der Waals surface area contributed by atoms with E-state index in [9.17, 15) is 9.18 Å². The van der Waals surface area contributed by atoms with Crippen LogP contribution in [0.5, 0.6) is 5.75 Å². The first-order chi connectivity index (χ1) is 21.5. The fourth-order valence-corrected chi connectivity index (χ4v) is 6.20. The van der Waals surface area contributed by atoms with Crippen molar-refractivity contribution in [3.8, 4) is 17.0 Å². The molecule has 3 fully saturated rings. The molecular formula is C32H40FN7O5. The highest BCUT2D eigenvalue weighted by atomic mass is 19.1. The van der Waals surface area contributed by atoms with Crippen molar-refractivity contribution >= 4 is 11.7 Å². The summed E-state index contributed by atoms with van der Waals surface area (Å²) in [6.07, 6.45) is 10.3. The maximum atomic E-state index is 14.2. The predicted octanol–water partition coefficient (Wildman–Crippen LogP) is 4.71. The van der Waals surface area contributed by atoms with Crippen LogP contribution in [0.3, 0.4) is 0 Å². The molecule has 0 radical (unpaired) electrons. The van der Waals surface area contributed by atoms with Crippen molar-refractivity contribution in [2.75, 3.05) is 40.1 Å². The average molecular weight is 622 g/mol. The molecule has 12 nitrogen and oxygen atoms in total. The molecule has 0 unspecified atom stereocenters. The highest BCUT2D eigenvalue weighted by molar-refractivity contribution is 5.68. The van der Waals surface area contributed by atoms with Crippen molar-refractivity contribution in [2.45, 2.75) is 64.4 Å². The maximum absolute atomic E-state index is 14.2.